The Morgan fingerprint density at radius 1 is 1.26 bits per heavy atom. The molecule has 0 saturated carbocycles. The summed E-state index contributed by atoms with van der Waals surface area (Å²) in [7, 11) is 4.60. The Hall–Kier alpha value is -3.07. The Morgan fingerprint density at radius 2 is 2.04 bits per heavy atom. The molecule has 0 radical (unpaired) electrons. The normalized spacial score (nSPS) is 11.2. The van der Waals surface area contributed by atoms with Crippen molar-refractivity contribution in [3.63, 3.8) is 0 Å². The number of ether oxygens (including phenoxy) is 1. The molecular formula is C18H22N4O5. The first kappa shape index (κ1) is 18.7. The summed E-state index contributed by atoms with van der Waals surface area (Å²) in [5.41, 5.74) is -0.145. The molecule has 27 heavy (non-hydrogen) atoms. The molecule has 0 saturated heterocycles. The molecule has 9 heteroatoms. The molecule has 1 N–H and O–H groups in total. The highest BCUT2D eigenvalue weighted by Crippen LogP contribution is 2.17. The zero-order valence-corrected chi connectivity index (χ0v) is 15.5. The molecule has 0 atom stereocenters. The maximum absolute atomic E-state index is 12.8. The number of aryl methyl sites for hydroxylation is 2. The van der Waals surface area contributed by atoms with E-state index in [2.05, 4.69) is 5.32 Å². The largest absolute Gasteiger partial charge is 0.467 e. The van der Waals surface area contributed by atoms with Crippen LogP contribution in [0.15, 0.2) is 38.5 Å². The van der Waals surface area contributed by atoms with Gasteiger partial charge >= 0.3 is 5.69 Å². The molecule has 9 nitrogen and oxygen atoms in total. The van der Waals surface area contributed by atoms with Crippen molar-refractivity contribution in [3.05, 3.63) is 56.8 Å². The van der Waals surface area contributed by atoms with Crippen molar-refractivity contribution in [3.8, 4) is 0 Å². The highest BCUT2D eigenvalue weighted by Gasteiger charge is 2.21. The Bertz CT molecular complexity index is 1070. The number of aromatic nitrogens is 3. The van der Waals surface area contributed by atoms with E-state index in [1.54, 1.807) is 30.9 Å². The number of furan rings is 1. The fraction of sp³-hybridized carbons (Fsp3) is 0.389. The lowest BCUT2D eigenvalue weighted by atomic mass is 10.3. The van der Waals surface area contributed by atoms with Gasteiger partial charge < -0.3 is 19.0 Å². The fourth-order valence-corrected chi connectivity index (χ4v) is 3.09. The number of carbonyl (C=O) groups excluding carboxylic acids is 1. The molecule has 144 valence electrons. The van der Waals surface area contributed by atoms with Crippen LogP contribution < -0.4 is 16.6 Å². The maximum Gasteiger partial charge on any atom is 0.332 e. The van der Waals surface area contributed by atoms with Gasteiger partial charge in [0.1, 0.15) is 17.1 Å². The number of hydrogen-bond donors (Lipinski definition) is 1. The van der Waals surface area contributed by atoms with Crippen molar-refractivity contribution in [1.29, 1.82) is 0 Å². The van der Waals surface area contributed by atoms with Gasteiger partial charge in [-0.05, 0) is 24.6 Å². The molecule has 0 fully saturated rings. The Labute approximate surface area is 154 Å². The molecule has 1 amide bonds. The van der Waals surface area contributed by atoms with Crippen LogP contribution in [-0.2, 0) is 31.9 Å². The third-order valence-electron chi connectivity index (χ3n) is 4.46. The Morgan fingerprint density at radius 3 is 2.70 bits per heavy atom. The van der Waals surface area contributed by atoms with Crippen molar-refractivity contribution in [2.24, 2.45) is 14.1 Å². The second-order valence-electron chi connectivity index (χ2n) is 6.23. The van der Waals surface area contributed by atoms with E-state index in [-0.39, 0.29) is 12.5 Å². The van der Waals surface area contributed by atoms with Gasteiger partial charge in [0.25, 0.3) is 11.5 Å². The van der Waals surface area contributed by atoms with E-state index < -0.39 is 11.2 Å². The minimum absolute atomic E-state index is 0.225. The topological polar surface area (TPSA) is 100 Å². The molecule has 0 aromatic carbocycles. The van der Waals surface area contributed by atoms with Crippen LogP contribution in [0.2, 0.25) is 0 Å². The monoisotopic (exact) mass is 374 g/mol. The van der Waals surface area contributed by atoms with E-state index in [0.717, 1.165) is 4.57 Å². The van der Waals surface area contributed by atoms with Crippen LogP contribution in [-0.4, -0.2) is 33.3 Å². The zero-order valence-electron chi connectivity index (χ0n) is 15.5. The van der Waals surface area contributed by atoms with E-state index in [9.17, 15) is 14.4 Å². The molecule has 3 aromatic rings. The lowest BCUT2D eigenvalue weighted by molar-refractivity contribution is 0.0938. The summed E-state index contributed by atoms with van der Waals surface area (Å²) >= 11 is 0. The number of methoxy groups -OCH3 is 1. The van der Waals surface area contributed by atoms with Gasteiger partial charge in [-0.15, -0.1) is 0 Å². The van der Waals surface area contributed by atoms with E-state index in [1.807, 2.05) is 0 Å². The highest BCUT2D eigenvalue weighted by molar-refractivity contribution is 5.97. The maximum atomic E-state index is 12.8. The first-order valence-electron chi connectivity index (χ1n) is 8.54. The van der Waals surface area contributed by atoms with Crippen LogP contribution in [0.25, 0.3) is 11.0 Å². The number of amides is 1. The van der Waals surface area contributed by atoms with E-state index in [0.29, 0.717) is 42.1 Å². The molecule has 3 aromatic heterocycles. The standard InChI is InChI=1S/C18H22N4O5/c1-20-16-13(17(24)21(2)18(20)25)10-14(22(16)7-5-8-26-3)15(23)19-11-12-6-4-9-27-12/h4,6,9-10H,5,7-8,11H2,1-3H3,(H,19,23). The summed E-state index contributed by atoms with van der Waals surface area (Å²) in [5, 5.41) is 3.10. The molecule has 0 aliphatic heterocycles. The average molecular weight is 374 g/mol. The second-order valence-corrected chi connectivity index (χ2v) is 6.23. The lowest BCUT2D eigenvalue weighted by Crippen LogP contribution is -2.37. The summed E-state index contributed by atoms with van der Waals surface area (Å²) in [6, 6.07) is 5.03. The van der Waals surface area contributed by atoms with Crippen LogP contribution in [0.5, 0.6) is 0 Å². The lowest BCUT2D eigenvalue weighted by Gasteiger charge is -2.13. The van der Waals surface area contributed by atoms with Gasteiger partial charge in [-0.2, -0.15) is 0 Å². The molecule has 3 heterocycles. The van der Waals surface area contributed by atoms with Crippen molar-refractivity contribution >= 4 is 16.9 Å². The highest BCUT2D eigenvalue weighted by atomic mass is 16.5. The summed E-state index contributed by atoms with van der Waals surface area (Å²) < 4.78 is 14.4. The van der Waals surface area contributed by atoms with E-state index in [4.69, 9.17) is 9.15 Å². The molecule has 0 spiro atoms. The van der Waals surface area contributed by atoms with E-state index in [1.165, 1.54) is 23.9 Å². The Balaban J connectivity index is 2.07. The van der Waals surface area contributed by atoms with Crippen LogP contribution in [0.3, 0.4) is 0 Å². The zero-order chi connectivity index (χ0) is 19.6. The Kier molecular flexibility index (Phi) is 5.31. The smallest absolute Gasteiger partial charge is 0.332 e. The predicted octanol–water partition coefficient (Wildman–Crippen LogP) is 0.598. The van der Waals surface area contributed by atoms with Gasteiger partial charge in [-0.25, -0.2) is 4.79 Å². The summed E-state index contributed by atoms with van der Waals surface area (Å²) in [6.07, 6.45) is 2.16. The van der Waals surface area contributed by atoms with Crippen molar-refractivity contribution < 1.29 is 13.9 Å². The van der Waals surface area contributed by atoms with Crippen molar-refractivity contribution in [2.75, 3.05) is 13.7 Å². The van der Waals surface area contributed by atoms with Gasteiger partial charge in [0.2, 0.25) is 0 Å². The average Bonchev–Trinajstić information content (AvgIpc) is 3.31. The summed E-state index contributed by atoms with van der Waals surface area (Å²) in [4.78, 5) is 37.6. The van der Waals surface area contributed by atoms with Crippen molar-refractivity contribution in [2.45, 2.75) is 19.5 Å². The minimum atomic E-state index is -0.443. The molecule has 3 rings (SSSR count). The third-order valence-corrected chi connectivity index (χ3v) is 4.46. The summed E-state index contributed by atoms with van der Waals surface area (Å²) in [6.45, 7) is 1.15. The van der Waals surface area contributed by atoms with Gasteiger partial charge in [-0.3, -0.25) is 18.7 Å². The minimum Gasteiger partial charge on any atom is -0.467 e. The van der Waals surface area contributed by atoms with E-state index >= 15 is 0 Å². The first-order chi connectivity index (χ1) is 13.0. The van der Waals surface area contributed by atoms with Gasteiger partial charge in [0, 0.05) is 34.4 Å². The van der Waals surface area contributed by atoms with Crippen LogP contribution in [0, 0.1) is 0 Å². The fourth-order valence-electron chi connectivity index (χ4n) is 3.09. The SMILES string of the molecule is COCCCn1c(C(=O)NCc2ccco2)cc2c(=O)n(C)c(=O)n(C)c21. The molecule has 0 bridgehead atoms. The molecule has 0 aliphatic rings. The number of fused-ring (bicyclic) bond motifs is 1. The van der Waals surface area contributed by atoms with Gasteiger partial charge in [-0.1, -0.05) is 0 Å². The van der Waals surface area contributed by atoms with Crippen LogP contribution in [0.1, 0.15) is 22.7 Å². The van der Waals surface area contributed by atoms with Gasteiger partial charge in [0.05, 0.1) is 18.2 Å². The third kappa shape index (κ3) is 3.45. The number of nitrogens with one attached hydrogen (secondary N) is 1. The van der Waals surface area contributed by atoms with Crippen molar-refractivity contribution in [1.82, 2.24) is 19.0 Å². The number of nitrogens with zero attached hydrogens (tertiary/aromatic N) is 3. The van der Waals surface area contributed by atoms with Crippen LogP contribution in [0.4, 0.5) is 0 Å². The molecule has 0 unspecified atom stereocenters. The van der Waals surface area contributed by atoms with Gasteiger partial charge in [0.15, 0.2) is 0 Å². The van der Waals surface area contributed by atoms with Crippen LogP contribution >= 0.6 is 0 Å². The number of rotatable bonds is 7. The predicted molar refractivity (Wildman–Crippen MR) is 98.8 cm³/mol. The number of hydrogen-bond acceptors (Lipinski definition) is 5. The molecule has 0 aliphatic carbocycles. The summed E-state index contributed by atoms with van der Waals surface area (Å²) in [5.74, 6) is 0.267. The molecular weight excluding hydrogens is 352 g/mol. The quantitative estimate of drug-likeness (QED) is 0.611. The second kappa shape index (κ2) is 7.67. The number of carbonyl (C=O) groups is 1. The first-order valence-corrected chi connectivity index (χ1v) is 8.54.